The van der Waals surface area contributed by atoms with Crippen molar-refractivity contribution in [2.24, 2.45) is 0 Å². The van der Waals surface area contributed by atoms with Crippen molar-refractivity contribution in [3.8, 4) is 0 Å². The quantitative estimate of drug-likeness (QED) is 0.173. The number of hydrogen-bond donors (Lipinski definition) is 0. The van der Waals surface area contributed by atoms with Crippen LogP contribution in [0.3, 0.4) is 0 Å². The molecule has 0 amide bonds. The Balaban J connectivity index is 0.00000342. The minimum atomic E-state index is -2.64. The summed E-state index contributed by atoms with van der Waals surface area (Å²) in [5.41, 5.74) is 12.2. The average molecular weight is 557 g/mol. The van der Waals surface area contributed by atoms with Crippen LogP contribution in [0.4, 0.5) is 0 Å². The normalized spacial score (nSPS) is 16.5. The van der Waals surface area contributed by atoms with Crippen molar-refractivity contribution in [2.45, 2.75) is 74.3 Å². The van der Waals surface area contributed by atoms with Crippen LogP contribution < -0.4 is 15.6 Å². The molecule has 2 heteroatoms. The van der Waals surface area contributed by atoms with E-state index >= 15 is 0 Å². The third-order valence-electron chi connectivity index (χ3n) is 8.03. The van der Waals surface area contributed by atoms with E-state index in [0.717, 1.165) is 0 Å². The average Bonchev–Trinajstić information content (AvgIpc) is 2.90. The topological polar surface area (TPSA) is 0 Å². The second kappa shape index (κ2) is 12.9. The fourth-order valence-corrected chi connectivity index (χ4v) is 13.1. The van der Waals surface area contributed by atoms with E-state index in [0.29, 0.717) is 0 Å². The SMILES string of the molecule is CC1=[C-]C(C)([Si](c2cc(C)cc(C)c2)(c2cc(C)cc(C)c2)c2cc(C)cc(C)c2)C(C)=C1C.[CH3-].[CH3-].[CH3-].[Ti+4]. The van der Waals surface area contributed by atoms with Crippen molar-refractivity contribution in [3.05, 3.63) is 133 Å². The molecule has 1 aliphatic carbocycles. The molecular weight excluding hydrogens is 508 g/mol. The molecule has 0 nitrogen and oxygen atoms in total. The molecule has 0 spiro atoms. The Bertz CT molecular complexity index is 1170. The van der Waals surface area contributed by atoms with Gasteiger partial charge >= 0.3 is 21.7 Å². The first-order chi connectivity index (χ1) is 15.9. The molecule has 0 saturated heterocycles. The van der Waals surface area contributed by atoms with E-state index in [4.69, 9.17) is 0 Å². The zero-order chi connectivity index (χ0) is 25.0. The van der Waals surface area contributed by atoms with Crippen LogP contribution in [0.2, 0.25) is 5.04 Å². The molecule has 0 fully saturated rings. The van der Waals surface area contributed by atoms with E-state index in [2.05, 4.69) is 130 Å². The van der Waals surface area contributed by atoms with Gasteiger partial charge in [-0.05, 0) is 57.1 Å². The van der Waals surface area contributed by atoms with Crippen LogP contribution in [0.15, 0.2) is 71.3 Å². The first-order valence-corrected chi connectivity index (χ1v) is 14.4. The zero-order valence-electron chi connectivity index (χ0n) is 26.2. The minimum Gasteiger partial charge on any atom is -0.358 e. The number of allylic oxidation sites excluding steroid dienone is 4. The summed E-state index contributed by atoms with van der Waals surface area (Å²) < 4.78 is 0. The van der Waals surface area contributed by atoms with Crippen LogP contribution in [0.5, 0.6) is 0 Å². The van der Waals surface area contributed by atoms with Crippen LogP contribution in [0.25, 0.3) is 0 Å². The fraction of sp³-hybridized carbons (Fsp3) is 0.306. The maximum Gasteiger partial charge on any atom is 4.00 e. The molecule has 1 unspecified atom stereocenters. The maximum atomic E-state index is 4.09. The minimum absolute atomic E-state index is 0. The van der Waals surface area contributed by atoms with Crippen molar-refractivity contribution in [1.29, 1.82) is 0 Å². The molecule has 0 aromatic heterocycles. The van der Waals surface area contributed by atoms with Gasteiger partial charge in [-0.25, -0.2) is 5.57 Å². The number of hydrogen-bond acceptors (Lipinski definition) is 0. The molecule has 0 saturated carbocycles. The van der Waals surface area contributed by atoms with Crippen LogP contribution in [0, 0.1) is 69.9 Å². The first-order valence-electron chi connectivity index (χ1n) is 12.4. The molecule has 1 atom stereocenters. The molecule has 200 valence electrons. The van der Waals surface area contributed by atoms with Crippen LogP contribution >= 0.6 is 0 Å². The third kappa shape index (κ3) is 5.81. The van der Waals surface area contributed by atoms with Gasteiger partial charge in [-0.3, -0.25) is 6.08 Å². The zero-order valence-corrected chi connectivity index (χ0v) is 28.8. The van der Waals surface area contributed by atoms with E-state index in [1.807, 2.05) is 0 Å². The van der Waals surface area contributed by atoms with Gasteiger partial charge in [0.1, 0.15) is 8.07 Å². The summed E-state index contributed by atoms with van der Waals surface area (Å²) in [6.07, 6.45) is 4.09. The Morgan fingerprint density at radius 1 is 0.500 bits per heavy atom. The second-order valence-electron chi connectivity index (χ2n) is 11.0. The summed E-state index contributed by atoms with van der Waals surface area (Å²) in [6, 6.07) is 21.7. The van der Waals surface area contributed by atoms with Gasteiger partial charge < -0.3 is 22.3 Å². The summed E-state index contributed by atoms with van der Waals surface area (Å²) >= 11 is 0. The molecule has 0 bridgehead atoms. The number of rotatable bonds is 4. The summed E-state index contributed by atoms with van der Waals surface area (Å²) in [7, 11) is -2.64. The molecule has 0 N–H and O–H groups in total. The van der Waals surface area contributed by atoms with Gasteiger partial charge in [0.25, 0.3) is 0 Å². The molecule has 38 heavy (non-hydrogen) atoms. The van der Waals surface area contributed by atoms with E-state index in [1.54, 1.807) is 0 Å². The molecule has 1 aliphatic rings. The maximum absolute atomic E-state index is 4.09. The Hall–Kier alpha value is -1.93. The van der Waals surface area contributed by atoms with Crippen LogP contribution in [-0.2, 0) is 21.7 Å². The van der Waals surface area contributed by atoms with E-state index in [9.17, 15) is 0 Å². The standard InChI is InChI=1S/C33H39Si.3CH3.Ti/c1-21-11-22(2)15-30(14-21)34(31-16-23(3)12-24(4)17-31,32-18-25(5)13-26(6)19-32)33(10)20-27(7)28(8)29(33)9;;;;/h11-19H,1-10H3;3*1H3;/q4*-1;+4. The van der Waals surface area contributed by atoms with Gasteiger partial charge in [-0.1, -0.05) is 114 Å². The molecule has 0 radical (unpaired) electrons. The van der Waals surface area contributed by atoms with Crippen molar-refractivity contribution in [3.63, 3.8) is 0 Å². The Labute approximate surface area is 251 Å². The molecule has 0 aliphatic heterocycles. The Kier molecular flexibility index (Phi) is 12.3. The first kappa shape index (κ1) is 36.1. The van der Waals surface area contributed by atoms with Crippen molar-refractivity contribution in [1.82, 2.24) is 0 Å². The molecule has 4 rings (SSSR count). The fourth-order valence-electron chi connectivity index (χ4n) is 6.53. The molecular formula is C36H48SiTi. The smallest absolute Gasteiger partial charge is 0.358 e. The molecule has 3 aromatic carbocycles. The number of benzene rings is 3. The summed E-state index contributed by atoms with van der Waals surface area (Å²) in [6.45, 7) is 22.8. The van der Waals surface area contributed by atoms with Gasteiger partial charge in [0.05, 0.1) is 0 Å². The predicted octanol–water partition coefficient (Wildman–Crippen LogP) is 8.22. The third-order valence-corrected chi connectivity index (χ3v) is 13.5. The largest absolute Gasteiger partial charge is 4.00 e. The molecule has 0 heterocycles. The summed E-state index contributed by atoms with van der Waals surface area (Å²) in [5, 5.41) is 4.26. The molecule has 3 aromatic rings. The Morgan fingerprint density at radius 2 is 0.763 bits per heavy atom. The van der Waals surface area contributed by atoms with Crippen LogP contribution in [-0.4, -0.2) is 8.07 Å². The monoisotopic (exact) mass is 556 g/mol. The predicted molar refractivity (Wildman–Crippen MR) is 171 cm³/mol. The van der Waals surface area contributed by atoms with Gasteiger partial charge in [-0.2, -0.15) is 11.1 Å². The Morgan fingerprint density at radius 3 is 0.974 bits per heavy atom. The van der Waals surface area contributed by atoms with Gasteiger partial charge in [0.15, 0.2) is 0 Å². The van der Waals surface area contributed by atoms with Gasteiger partial charge in [0, 0.05) is 0 Å². The van der Waals surface area contributed by atoms with E-state index < -0.39 is 8.07 Å². The van der Waals surface area contributed by atoms with Crippen molar-refractivity contribution in [2.75, 3.05) is 0 Å². The van der Waals surface area contributed by atoms with Gasteiger partial charge in [-0.15, -0.1) is 6.92 Å². The van der Waals surface area contributed by atoms with Crippen molar-refractivity contribution >= 4 is 23.6 Å². The second-order valence-corrected chi connectivity index (χ2v) is 15.2. The number of aryl methyl sites for hydroxylation is 6. The van der Waals surface area contributed by atoms with Crippen LogP contribution in [0.1, 0.15) is 61.1 Å². The van der Waals surface area contributed by atoms with E-state index in [1.165, 1.54) is 65.7 Å². The van der Waals surface area contributed by atoms with Crippen molar-refractivity contribution < 1.29 is 21.7 Å². The summed E-state index contributed by atoms with van der Waals surface area (Å²) in [5.74, 6) is 0. The summed E-state index contributed by atoms with van der Waals surface area (Å²) in [4.78, 5) is 0. The van der Waals surface area contributed by atoms with E-state index in [-0.39, 0.29) is 49.0 Å². The van der Waals surface area contributed by atoms with Gasteiger partial charge in [0.2, 0.25) is 0 Å².